The third-order valence-electron chi connectivity index (χ3n) is 2.44. The summed E-state index contributed by atoms with van der Waals surface area (Å²) in [6.45, 7) is 0. The van der Waals surface area contributed by atoms with Crippen LogP contribution in [0.25, 0.3) is 0 Å². The van der Waals surface area contributed by atoms with Gasteiger partial charge in [0.05, 0.1) is 16.3 Å². The molecule has 0 fully saturated rings. The predicted molar refractivity (Wildman–Crippen MR) is 90.7 cm³/mol. The predicted octanol–water partition coefficient (Wildman–Crippen LogP) is 4.36. The molecule has 2 aromatic rings. The fourth-order valence-corrected chi connectivity index (χ4v) is 2.37. The molecule has 0 saturated carbocycles. The number of hydrazone groups is 1. The second-order valence-electron chi connectivity index (χ2n) is 3.85. The van der Waals surface area contributed by atoms with Gasteiger partial charge in [-0.25, -0.2) is 5.43 Å². The van der Waals surface area contributed by atoms with Crippen LogP contribution < -0.4 is 5.43 Å². The number of carbonyl (C=O) groups is 1. The first-order valence-corrected chi connectivity index (χ1v) is 7.44. The number of carbonyl (C=O) groups excluding carboxylic acids is 1. The van der Waals surface area contributed by atoms with Crippen molar-refractivity contribution in [3.8, 4) is 0 Å². The van der Waals surface area contributed by atoms with Gasteiger partial charge in [-0.05, 0) is 46.9 Å². The van der Waals surface area contributed by atoms with Crippen LogP contribution in [0.3, 0.4) is 0 Å². The number of rotatable bonds is 3. The van der Waals surface area contributed by atoms with Gasteiger partial charge < -0.3 is 0 Å². The maximum atomic E-state index is 11.9. The van der Waals surface area contributed by atoms with E-state index in [-0.39, 0.29) is 5.91 Å². The van der Waals surface area contributed by atoms with Crippen molar-refractivity contribution in [3.63, 3.8) is 0 Å². The molecule has 102 valence electrons. The van der Waals surface area contributed by atoms with E-state index in [1.165, 1.54) is 6.21 Å². The molecular weight excluding hydrogens is 410 g/mol. The highest BCUT2D eigenvalue weighted by Gasteiger charge is 2.05. The van der Waals surface area contributed by atoms with Crippen molar-refractivity contribution in [1.82, 2.24) is 5.43 Å². The lowest BCUT2D eigenvalue weighted by atomic mass is 10.2. The molecule has 0 heterocycles. The topological polar surface area (TPSA) is 41.5 Å². The van der Waals surface area contributed by atoms with E-state index in [4.69, 9.17) is 23.2 Å². The van der Waals surface area contributed by atoms with Crippen LogP contribution in [0.15, 0.2) is 47.6 Å². The minimum absolute atomic E-state index is 0.280. The molecule has 1 amide bonds. The third kappa shape index (κ3) is 3.94. The average molecular weight is 419 g/mol. The molecule has 2 rings (SSSR count). The quantitative estimate of drug-likeness (QED) is 0.449. The number of nitrogens with one attached hydrogen (secondary N) is 1. The molecule has 0 aliphatic rings. The maximum absolute atomic E-state index is 11.9. The van der Waals surface area contributed by atoms with Crippen LogP contribution >= 0.6 is 45.8 Å². The highest BCUT2D eigenvalue weighted by Crippen LogP contribution is 2.24. The van der Waals surface area contributed by atoms with Crippen molar-refractivity contribution in [3.05, 3.63) is 67.2 Å². The Kier molecular flexibility index (Phi) is 5.39. The van der Waals surface area contributed by atoms with E-state index in [0.717, 1.165) is 3.57 Å². The molecule has 0 unspecified atom stereocenters. The van der Waals surface area contributed by atoms with Crippen molar-refractivity contribution in [2.45, 2.75) is 0 Å². The Morgan fingerprint density at radius 1 is 1.20 bits per heavy atom. The summed E-state index contributed by atoms with van der Waals surface area (Å²) in [5.41, 5.74) is 3.64. The van der Waals surface area contributed by atoms with Crippen LogP contribution in [-0.2, 0) is 0 Å². The van der Waals surface area contributed by atoms with Gasteiger partial charge in [-0.3, -0.25) is 4.79 Å². The van der Waals surface area contributed by atoms with Crippen molar-refractivity contribution in [1.29, 1.82) is 0 Å². The van der Waals surface area contributed by atoms with Gasteiger partial charge >= 0.3 is 0 Å². The van der Waals surface area contributed by atoms with Gasteiger partial charge in [0.25, 0.3) is 5.91 Å². The van der Waals surface area contributed by atoms with Gasteiger partial charge in [0.2, 0.25) is 0 Å². The van der Waals surface area contributed by atoms with E-state index in [9.17, 15) is 4.79 Å². The molecule has 20 heavy (non-hydrogen) atoms. The van der Waals surface area contributed by atoms with Crippen LogP contribution in [0.4, 0.5) is 0 Å². The number of amides is 1. The van der Waals surface area contributed by atoms with Crippen LogP contribution in [0.2, 0.25) is 10.0 Å². The molecular formula is C14H9Cl2IN2O. The summed E-state index contributed by atoms with van der Waals surface area (Å²) in [5, 5.41) is 4.73. The number of hydrogen-bond donors (Lipinski definition) is 1. The zero-order valence-corrected chi connectivity index (χ0v) is 13.8. The lowest BCUT2D eigenvalue weighted by molar-refractivity contribution is 0.0955. The van der Waals surface area contributed by atoms with Gasteiger partial charge in [-0.1, -0.05) is 41.4 Å². The van der Waals surface area contributed by atoms with Gasteiger partial charge in [0, 0.05) is 14.7 Å². The zero-order valence-electron chi connectivity index (χ0n) is 10.1. The van der Waals surface area contributed by atoms with E-state index in [1.54, 1.807) is 30.3 Å². The minimum Gasteiger partial charge on any atom is -0.267 e. The molecule has 0 aliphatic heterocycles. The molecule has 0 bridgehead atoms. The van der Waals surface area contributed by atoms with Crippen LogP contribution in [0, 0.1) is 3.57 Å². The molecule has 0 radical (unpaired) electrons. The van der Waals surface area contributed by atoms with E-state index in [0.29, 0.717) is 21.2 Å². The van der Waals surface area contributed by atoms with Crippen molar-refractivity contribution in [2.24, 2.45) is 5.10 Å². The summed E-state index contributed by atoms with van der Waals surface area (Å²) in [7, 11) is 0. The fraction of sp³-hybridized carbons (Fsp3) is 0. The largest absolute Gasteiger partial charge is 0.271 e. The Morgan fingerprint density at radius 3 is 2.70 bits per heavy atom. The van der Waals surface area contributed by atoms with Gasteiger partial charge in [0.15, 0.2) is 0 Å². The summed E-state index contributed by atoms with van der Waals surface area (Å²) in [6.07, 6.45) is 1.46. The number of halogens is 3. The van der Waals surface area contributed by atoms with E-state index in [2.05, 4.69) is 33.1 Å². The summed E-state index contributed by atoms with van der Waals surface area (Å²) in [5.74, 6) is -0.280. The second-order valence-corrected chi connectivity index (χ2v) is 5.88. The van der Waals surface area contributed by atoms with E-state index < -0.39 is 0 Å². The minimum atomic E-state index is -0.280. The lowest BCUT2D eigenvalue weighted by Gasteiger charge is -2.01. The van der Waals surface area contributed by atoms with Crippen LogP contribution in [0.1, 0.15) is 15.9 Å². The summed E-state index contributed by atoms with van der Waals surface area (Å²) >= 11 is 14.0. The van der Waals surface area contributed by atoms with Gasteiger partial charge in [0.1, 0.15) is 0 Å². The van der Waals surface area contributed by atoms with Crippen molar-refractivity contribution < 1.29 is 4.79 Å². The molecule has 6 heteroatoms. The molecule has 0 spiro atoms. The Hall–Kier alpha value is -1.11. The first-order valence-electron chi connectivity index (χ1n) is 5.61. The summed E-state index contributed by atoms with van der Waals surface area (Å²) < 4.78 is 0.983. The smallest absolute Gasteiger partial charge is 0.267 e. The first kappa shape index (κ1) is 15.3. The Bertz CT molecular complexity index is 674. The third-order valence-corrected chi connectivity index (χ3v) is 3.94. The molecule has 3 nitrogen and oxygen atoms in total. The standard InChI is InChI=1S/C14H9Cl2IN2O/c15-12-6-2-4-10(13(12)16)8-18-19-14(20)9-3-1-5-11(17)7-9/h1-8H,(H,19,20). The molecule has 0 saturated heterocycles. The highest BCUT2D eigenvalue weighted by atomic mass is 127. The molecule has 0 aromatic heterocycles. The number of benzene rings is 2. The Labute approximate surface area is 140 Å². The Balaban J connectivity index is 2.07. The zero-order chi connectivity index (χ0) is 14.5. The van der Waals surface area contributed by atoms with Crippen LogP contribution in [-0.4, -0.2) is 12.1 Å². The number of hydrogen-bond acceptors (Lipinski definition) is 2. The molecule has 0 aliphatic carbocycles. The Morgan fingerprint density at radius 2 is 1.95 bits per heavy atom. The maximum Gasteiger partial charge on any atom is 0.271 e. The number of nitrogens with zero attached hydrogens (tertiary/aromatic N) is 1. The summed E-state index contributed by atoms with van der Waals surface area (Å²) in [6, 6.07) is 12.4. The van der Waals surface area contributed by atoms with Crippen LogP contribution in [0.5, 0.6) is 0 Å². The lowest BCUT2D eigenvalue weighted by Crippen LogP contribution is -2.17. The van der Waals surface area contributed by atoms with E-state index >= 15 is 0 Å². The highest BCUT2D eigenvalue weighted by molar-refractivity contribution is 14.1. The normalized spacial score (nSPS) is 10.8. The SMILES string of the molecule is O=C(NN=Cc1cccc(Cl)c1Cl)c1cccc(I)c1. The molecule has 1 N–H and O–H groups in total. The molecule has 2 aromatic carbocycles. The van der Waals surface area contributed by atoms with Crippen molar-refractivity contribution in [2.75, 3.05) is 0 Å². The van der Waals surface area contributed by atoms with Gasteiger partial charge in [-0.15, -0.1) is 0 Å². The second kappa shape index (κ2) is 7.06. The van der Waals surface area contributed by atoms with E-state index in [1.807, 2.05) is 12.1 Å². The average Bonchev–Trinajstić information content (AvgIpc) is 2.43. The molecule has 0 atom stereocenters. The fourth-order valence-electron chi connectivity index (χ4n) is 1.47. The monoisotopic (exact) mass is 418 g/mol. The summed E-state index contributed by atoms with van der Waals surface area (Å²) in [4.78, 5) is 11.9. The first-order chi connectivity index (χ1) is 9.58. The van der Waals surface area contributed by atoms with Crippen molar-refractivity contribution >= 4 is 57.9 Å². The van der Waals surface area contributed by atoms with Gasteiger partial charge in [-0.2, -0.15) is 5.10 Å².